The molecule has 0 aromatic heterocycles. The van der Waals surface area contributed by atoms with Crippen molar-refractivity contribution >= 4 is 23.2 Å². The summed E-state index contributed by atoms with van der Waals surface area (Å²) in [6.07, 6.45) is 1.30. The Morgan fingerprint density at radius 2 is 2.21 bits per heavy atom. The lowest BCUT2D eigenvalue weighted by Crippen LogP contribution is -2.32. The van der Waals surface area contributed by atoms with E-state index >= 15 is 0 Å². The first-order chi connectivity index (χ1) is 6.74. The standard InChI is InChI=1S/C10H10N2OS/c1-12-8(6-11)7-4-2-3-5-9(7)14-10(12)13/h2-6,8,11H,1H3. The molecule has 0 spiro atoms. The quantitative estimate of drug-likeness (QED) is 0.717. The molecule has 0 fully saturated rings. The zero-order valence-corrected chi connectivity index (χ0v) is 8.54. The molecule has 0 saturated heterocycles. The molecule has 1 heterocycles. The third kappa shape index (κ3) is 1.32. The Hall–Kier alpha value is -1.29. The van der Waals surface area contributed by atoms with Gasteiger partial charge >= 0.3 is 0 Å². The minimum Gasteiger partial charge on any atom is -0.324 e. The average molecular weight is 206 g/mol. The third-order valence-electron chi connectivity index (χ3n) is 2.30. The summed E-state index contributed by atoms with van der Waals surface area (Å²) in [7, 11) is 1.72. The smallest absolute Gasteiger partial charge is 0.287 e. The molecule has 1 aliphatic heterocycles. The molecule has 72 valence electrons. The number of nitrogens with zero attached hydrogens (tertiary/aromatic N) is 1. The summed E-state index contributed by atoms with van der Waals surface area (Å²) in [5.74, 6) is 0. The van der Waals surface area contributed by atoms with Crippen molar-refractivity contribution in [3.63, 3.8) is 0 Å². The van der Waals surface area contributed by atoms with Crippen molar-refractivity contribution in [2.75, 3.05) is 7.05 Å². The highest BCUT2D eigenvalue weighted by Gasteiger charge is 2.28. The van der Waals surface area contributed by atoms with Crippen molar-refractivity contribution in [3.8, 4) is 0 Å². The highest BCUT2D eigenvalue weighted by atomic mass is 32.2. The van der Waals surface area contributed by atoms with E-state index in [0.29, 0.717) is 0 Å². The highest BCUT2D eigenvalue weighted by molar-refractivity contribution is 8.13. The van der Waals surface area contributed by atoms with Crippen molar-refractivity contribution in [2.24, 2.45) is 0 Å². The minimum absolute atomic E-state index is 0.00259. The van der Waals surface area contributed by atoms with Gasteiger partial charge in [-0.2, -0.15) is 0 Å². The first-order valence-electron chi connectivity index (χ1n) is 4.28. The molecular weight excluding hydrogens is 196 g/mol. The van der Waals surface area contributed by atoms with Crippen LogP contribution in [0.1, 0.15) is 11.6 Å². The summed E-state index contributed by atoms with van der Waals surface area (Å²) in [6, 6.07) is 7.51. The Labute approximate surface area is 86.6 Å². The second-order valence-corrected chi connectivity index (χ2v) is 4.12. The molecule has 3 nitrogen and oxygen atoms in total. The number of hydrogen-bond donors (Lipinski definition) is 1. The molecule has 1 atom stereocenters. The van der Waals surface area contributed by atoms with Gasteiger partial charge in [-0.3, -0.25) is 4.79 Å². The molecular formula is C10H10N2OS. The fourth-order valence-electron chi connectivity index (χ4n) is 1.51. The maximum Gasteiger partial charge on any atom is 0.287 e. The Bertz CT molecular complexity index is 391. The second-order valence-electron chi connectivity index (χ2n) is 3.13. The van der Waals surface area contributed by atoms with E-state index in [0.717, 1.165) is 10.5 Å². The van der Waals surface area contributed by atoms with Crippen molar-refractivity contribution in [3.05, 3.63) is 29.8 Å². The van der Waals surface area contributed by atoms with Crippen LogP contribution in [0.2, 0.25) is 0 Å². The van der Waals surface area contributed by atoms with Crippen LogP contribution in [0, 0.1) is 5.41 Å². The summed E-state index contributed by atoms with van der Waals surface area (Å²) in [5, 5.41) is 7.32. The van der Waals surface area contributed by atoms with Gasteiger partial charge in [0.25, 0.3) is 5.24 Å². The zero-order valence-electron chi connectivity index (χ0n) is 7.73. The van der Waals surface area contributed by atoms with Gasteiger partial charge in [-0.25, -0.2) is 0 Å². The minimum atomic E-state index is -0.208. The normalized spacial score (nSPS) is 20.5. The van der Waals surface area contributed by atoms with E-state index in [4.69, 9.17) is 5.41 Å². The van der Waals surface area contributed by atoms with Crippen LogP contribution in [0.3, 0.4) is 0 Å². The first-order valence-corrected chi connectivity index (χ1v) is 5.10. The molecule has 1 aromatic rings. The Kier molecular flexibility index (Phi) is 2.29. The lowest BCUT2D eigenvalue weighted by atomic mass is 10.1. The Morgan fingerprint density at radius 3 is 2.93 bits per heavy atom. The summed E-state index contributed by atoms with van der Waals surface area (Å²) in [6.45, 7) is 0. The maximum atomic E-state index is 11.5. The lowest BCUT2D eigenvalue weighted by Gasteiger charge is -2.30. The number of carbonyl (C=O) groups excluding carboxylic acids is 1. The number of amides is 1. The largest absolute Gasteiger partial charge is 0.324 e. The number of fused-ring (bicyclic) bond motifs is 1. The van der Waals surface area contributed by atoms with Crippen LogP contribution >= 0.6 is 11.8 Å². The molecule has 1 unspecified atom stereocenters. The van der Waals surface area contributed by atoms with E-state index in [2.05, 4.69) is 0 Å². The number of thioether (sulfide) groups is 1. The van der Waals surface area contributed by atoms with E-state index in [1.165, 1.54) is 18.0 Å². The zero-order chi connectivity index (χ0) is 10.1. The number of rotatable bonds is 1. The SMILES string of the molecule is CN1C(=O)Sc2ccccc2C1C=N. The van der Waals surface area contributed by atoms with Gasteiger partial charge in [0.2, 0.25) is 0 Å². The van der Waals surface area contributed by atoms with Crippen LogP contribution in [0.25, 0.3) is 0 Å². The number of benzene rings is 1. The van der Waals surface area contributed by atoms with Crippen molar-refractivity contribution < 1.29 is 4.79 Å². The van der Waals surface area contributed by atoms with E-state index in [9.17, 15) is 4.79 Å². The molecule has 2 rings (SSSR count). The molecule has 0 aliphatic carbocycles. The van der Waals surface area contributed by atoms with Crippen molar-refractivity contribution in [1.29, 1.82) is 5.41 Å². The number of hydrogen-bond acceptors (Lipinski definition) is 3. The predicted octanol–water partition coefficient (Wildman–Crippen LogP) is 2.53. The first kappa shape index (κ1) is 9.27. The summed E-state index contributed by atoms with van der Waals surface area (Å²) < 4.78 is 0. The number of carbonyl (C=O) groups is 1. The Balaban J connectivity index is 2.52. The van der Waals surface area contributed by atoms with E-state index in [1.807, 2.05) is 24.3 Å². The molecule has 1 aromatic carbocycles. The summed E-state index contributed by atoms with van der Waals surface area (Å²) in [5.41, 5.74) is 1.04. The molecule has 1 N–H and O–H groups in total. The van der Waals surface area contributed by atoms with E-state index < -0.39 is 0 Å². The van der Waals surface area contributed by atoms with Gasteiger partial charge in [-0.15, -0.1) is 0 Å². The van der Waals surface area contributed by atoms with Gasteiger partial charge in [0.15, 0.2) is 0 Å². The fourth-order valence-corrected chi connectivity index (χ4v) is 2.41. The molecule has 0 bridgehead atoms. The van der Waals surface area contributed by atoms with Crippen LogP contribution < -0.4 is 0 Å². The average Bonchev–Trinajstić information content (AvgIpc) is 2.20. The topological polar surface area (TPSA) is 44.2 Å². The van der Waals surface area contributed by atoms with Crippen LogP contribution in [0.5, 0.6) is 0 Å². The fraction of sp³-hybridized carbons (Fsp3) is 0.200. The van der Waals surface area contributed by atoms with Crippen molar-refractivity contribution in [2.45, 2.75) is 10.9 Å². The monoisotopic (exact) mass is 206 g/mol. The molecule has 0 radical (unpaired) electrons. The third-order valence-corrected chi connectivity index (χ3v) is 3.35. The van der Waals surface area contributed by atoms with Crippen LogP contribution in [-0.4, -0.2) is 23.4 Å². The summed E-state index contributed by atoms with van der Waals surface area (Å²) >= 11 is 1.22. The predicted molar refractivity (Wildman–Crippen MR) is 57.0 cm³/mol. The molecule has 1 aliphatic rings. The van der Waals surface area contributed by atoms with Gasteiger partial charge < -0.3 is 10.3 Å². The van der Waals surface area contributed by atoms with E-state index in [-0.39, 0.29) is 11.3 Å². The molecule has 4 heteroatoms. The lowest BCUT2D eigenvalue weighted by molar-refractivity contribution is 0.226. The Morgan fingerprint density at radius 1 is 1.50 bits per heavy atom. The molecule has 0 saturated carbocycles. The van der Waals surface area contributed by atoms with Gasteiger partial charge in [-0.05, 0) is 23.4 Å². The second kappa shape index (κ2) is 3.46. The van der Waals surface area contributed by atoms with Gasteiger partial charge in [0.1, 0.15) is 0 Å². The summed E-state index contributed by atoms with van der Waals surface area (Å²) in [4.78, 5) is 14.1. The van der Waals surface area contributed by atoms with Gasteiger partial charge in [-0.1, -0.05) is 18.2 Å². The van der Waals surface area contributed by atoms with Crippen molar-refractivity contribution in [1.82, 2.24) is 4.90 Å². The van der Waals surface area contributed by atoms with Crippen LogP contribution in [0.15, 0.2) is 29.2 Å². The molecule has 1 amide bonds. The van der Waals surface area contributed by atoms with E-state index in [1.54, 1.807) is 11.9 Å². The van der Waals surface area contributed by atoms with Gasteiger partial charge in [0, 0.05) is 18.2 Å². The molecule has 14 heavy (non-hydrogen) atoms. The maximum absolute atomic E-state index is 11.5. The van der Waals surface area contributed by atoms with Gasteiger partial charge in [0.05, 0.1) is 6.04 Å². The highest BCUT2D eigenvalue weighted by Crippen LogP contribution is 2.37. The van der Waals surface area contributed by atoms with Crippen LogP contribution in [0.4, 0.5) is 4.79 Å². The number of nitrogens with one attached hydrogen (secondary N) is 1. The van der Waals surface area contributed by atoms with Crippen LogP contribution in [-0.2, 0) is 0 Å².